The van der Waals surface area contributed by atoms with Gasteiger partial charge in [0.1, 0.15) is 11.8 Å². The molecule has 0 bridgehead atoms. The van der Waals surface area contributed by atoms with Crippen LogP contribution in [0, 0.1) is 16.4 Å². The van der Waals surface area contributed by atoms with E-state index >= 15 is 0 Å². The molecule has 0 unspecified atom stereocenters. The van der Waals surface area contributed by atoms with Crippen molar-refractivity contribution in [1.82, 2.24) is 10.2 Å². The maximum atomic E-state index is 13.2. The fraction of sp³-hybridized carbons (Fsp3) is 0.417. The lowest BCUT2D eigenvalue weighted by molar-refractivity contribution is -0.143. The average molecular weight is 522 g/mol. The van der Waals surface area contributed by atoms with E-state index in [1.807, 2.05) is 76.2 Å². The zero-order valence-electron chi connectivity index (χ0n) is 18.2. The van der Waals surface area contributed by atoms with Crippen LogP contribution >= 0.6 is 22.6 Å². The van der Waals surface area contributed by atoms with Gasteiger partial charge in [0.05, 0.1) is 0 Å². The van der Waals surface area contributed by atoms with Gasteiger partial charge in [-0.2, -0.15) is 0 Å². The molecule has 6 heteroatoms. The summed E-state index contributed by atoms with van der Waals surface area (Å²) in [5, 5.41) is 2.97. The Morgan fingerprint density at radius 2 is 1.77 bits per heavy atom. The topological polar surface area (TPSA) is 58.6 Å². The van der Waals surface area contributed by atoms with Gasteiger partial charge in [0.15, 0.2) is 6.61 Å². The molecule has 1 atom stereocenters. The molecule has 0 aromatic heterocycles. The van der Waals surface area contributed by atoms with Crippen molar-refractivity contribution in [2.75, 3.05) is 13.2 Å². The zero-order chi connectivity index (χ0) is 22.1. The molecule has 0 aliphatic heterocycles. The maximum absolute atomic E-state index is 13.2. The van der Waals surface area contributed by atoms with Crippen molar-refractivity contribution >= 4 is 34.4 Å². The molecule has 0 aliphatic rings. The number of amides is 2. The number of benzene rings is 2. The number of hydrogen-bond donors (Lipinski definition) is 1. The van der Waals surface area contributed by atoms with Gasteiger partial charge < -0.3 is 15.0 Å². The molecule has 2 aromatic carbocycles. The third kappa shape index (κ3) is 7.31. The highest BCUT2D eigenvalue weighted by Gasteiger charge is 2.29. The molecule has 2 rings (SSSR count). The number of hydrogen-bond acceptors (Lipinski definition) is 3. The maximum Gasteiger partial charge on any atom is 0.261 e. The number of carbonyl (C=O) groups is 2. The van der Waals surface area contributed by atoms with Crippen molar-refractivity contribution < 1.29 is 14.3 Å². The minimum atomic E-state index is -0.545. The molecule has 0 spiro atoms. The number of rotatable bonds is 10. The van der Waals surface area contributed by atoms with E-state index in [-0.39, 0.29) is 18.4 Å². The van der Waals surface area contributed by atoms with Crippen LogP contribution in [0.25, 0.3) is 0 Å². The van der Waals surface area contributed by atoms with Crippen molar-refractivity contribution in [2.24, 2.45) is 5.92 Å². The van der Waals surface area contributed by atoms with Crippen molar-refractivity contribution in [1.29, 1.82) is 0 Å². The Kier molecular flexibility index (Phi) is 9.62. The van der Waals surface area contributed by atoms with Gasteiger partial charge in [0, 0.05) is 16.7 Å². The van der Waals surface area contributed by atoms with Crippen molar-refractivity contribution in [3.63, 3.8) is 0 Å². The Bertz CT molecular complexity index is 837. The van der Waals surface area contributed by atoms with E-state index in [1.165, 1.54) is 0 Å². The Morgan fingerprint density at radius 1 is 1.10 bits per heavy atom. The molecule has 0 saturated carbocycles. The third-order valence-electron chi connectivity index (χ3n) is 4.85. The van der Waals surface area contributed by atoms with Crippen molar-refractivity contribution in [3.8, 4) is 5.75 Å². The summed E-state index contributed by atoms with van der Waals surface area (Å²) >= 11 is 2.22. The van der Waals surface area contributed by atoms with Crippen LogP contribution in [0.2, 0.25) is 0 Å². The molecule has 0 saturated heterocycles. The van der Waals surface area contributed by atoms with E-state index in [9.17, 15) is 9.59 Å². The van der Waals surface area contributed by atoms with Crippen LogP contribution in [0.3, 0.4) is 0 Å². The van der Waals surface area contributed by atoms with E-state index < -0.39 is 6.04 Å². The molecule has 0 aliphatic carbocycles. The van der Waals surface area contributed by atoms with Gasteiger partial charge in [-0.1, -0.05) is 45.0 Å². The van der Waals surface area contributed by atoms with Crippen LogP contribution in [0.15, 0.2) is 48.5 Å². The van der Waals surface area contributed by atoms with E-state index in [0.29, 0.717) is 31.2 Å². The molecule has 0 heterocycles. The standard InChI is InChI=1S/C24H31IN2O3/c1-5-22(24(29)26-14-17(2)3)27(15-19-9-7-6-8-18(19)4)23(28)16-30-21-12-10-20(25)11-13-21/h6-13,17,22H,5,14-16H2,1-4H3,(H,26,29)/t22-/m0/s1. The largest absolute Gasteiger partial charge is 0.484 e. The zero-order valence-corrected chi connectivity index (χ0v) is 20.3. The Hall–Kier alpha value is -2.09. The van der Waals surface area contributed by atoms with Gasteiger partial charge in [0.2, 0.25) is 5.91 Å². The van der Waals surface area contributed by atoms with E-state index in [2.05, 4.69) is 27.9 Å². The van der Waals surface area contributed by atoms with Gasteiger partial charge in [-0.25, -0.2) is 0 Å². The smallest absolute Gasteiger partial charge is 0.261 e. The van der Waals surface area contributed by atoms with Crippen LogP contribution in [0.5, 0.6) is 5.75 Å². The van der Waals surface area contributed by atoms with Gasteiger partial charge in [-0.15, -0.1) is 0 Å². The summed E-state index contributed by atoms with van der Waals surface area (Å²) in [7, 11) is 0. The molecule has 2 aromatic rings. The summed E-state index contributed by atoms with van der Waals surface area (Å²) < 4.78 is 6.82. The minimum absolute atomic E-state index is 0.111. The predicted octanol–water partition coefficient (Wildman–Crippen LogP) is 4.56. The van der Waals surface area contributed by atoms with E-state index in [4.69, 9.17) is 4.74 Å². The highest BCUT2D eigenvalue weighted by atomic mass is 127. The second kappa shape index (κ2) is 11.9. The van der Waals surface area contributed by atoms with Gasteiger partial charge in [0.25, 0.3) is 5.91 Å². The van der Waals surface area contributed by atoms with Gasteiger partial charge in [-0.3, -0.25) is 9.59 Å². The SMILES string of the molecule is CC[C@@H](C(=O)NCC(C)C)N(Cc1ccccc1C)C(=O)COc1ccc(I)cc1. The molecule has 0 fully saturated rings. The third-order valence-corrected chi connectivity index (χ3v) is 5.57. The summed E-state index contributed by atoms with van der Waals surface area (Å²) in [5.74, 6) is 0.652. The number of ether oxygens (including phenoxy) is 1. The van der Waals surface area contributed by atoms with Gasteiger partial charge >= 0.3 is 0 Å². The molecule has 30 heavy (non-hydrogen) atoms. The fourth-order valence-electron chi connectivity index (χ4n) is 3.07. The van der Waals surface area contributed by atoms with Crippen LogP contribution in [0.4, 0.5) is 0 Å². The summed E-state index contributed by atoms with van der Waals surface area (Å²) in [4.78, 5) is 27.7. The highest BCUT2D eigenvalue weighted by molar-refractivity contribution is 14.1. The number of nitrogens with zero attached hydrogens (tertiary/aromatic N) is 1. The predicted molar refractivity (Wildman–Crippen MR) is 128 cm³/mol. The second-order valence-electron chi connectivity index (χ2n) is 7.75. The minimum Gasteiger partial charge on any atom is -0.484 e. The summed E-state index contributed by atoms with van der Waals surface area (Å²) in [5.41, 5.74) is 2.11. The lowest BCUT2D eigenvalue weighted by Gasteiger charge is -2.31. The Balaban J connectivity index is 2.19. The number of halogens is 1. The van der Waals surface area contributed by atoms with Crippen LogP contribution in [-0.2, 0) is 16.1 Å². The molecular weight excluding hydrogens is 491 g/mol. The summed E-state index contributed by atoms with van der Waals surface area (Å²) in [6.07, 6.45) is 0.533. The lowest BCUT2D eigenvalue weighted by atomic mass is 10.1. The normalized spacial score (nSPS) is 11.8. The number of nitrogens with one attached hydrogen (secondary N) is 1. The molecule has 5 nitrogen and oxygen atoms in total. The molecule has 1 N–H and O–H groups in total. The first kappa shape index (κ1) is 24.2. The van der Waals surface area contributed by atoms with Crippen molar-refractivity contribution in [3.05, 3.63) is 63.2 Å². The van der Waals surface area contributed by atoms with E-state index in [0.717, 1.165) is 14.7 Å². The number of carbonyl (C=O) groups excluding carboxylic acids is 2. The first-order valence-electron chi connectivity index (χ1n) is 10.3. The lowest BCUT2D eigenvalue weighted by Crippen LogP contribution is -2.50. The molecular formula is C24H31IN2O3. The fourth-order valence-corrected chi connectivity index (χ4v) is 3.43. The Morgan fingerprint density at radius 3 is 2.37 bits per heavy atom. The molecule has 2 amide bonds. The molecule has 162 valence electrons. The van der Waals surface area contributed by atoms with Crippen LogP contribution in [0.1, 0.15) is 38.3 Å². The highest BCUT2D eigenvalue weighted by Crippen LogP contribution is 2.17. The van der Waals surface area contributed by atoms with Crippen LogP contribution < -0.4 is 10.1 Å². The monoisotopic (exact) mass is 522 g/mol. The van der Waals surface area contributed by atoms with E-state index in [1.54, 1.807) is 4.90 Å². The first-order valence-corrected chi connectivity index (χ1v) is 11.4. The average Bonchev–Trinajstić information content (AvgIpc) is 2.72. The Labute approximate surface area is 193 Å². The first-order chi connectivity index (χ1) is 14.3. The quantitative estimate of drug-likeness (QED) is 0.466. The second-order valence-corrected chi connectivity index (χ2v) is 9.00. The number of aryl methyl sites for hydroxylation is 1. The summed E-state index contributed by atoms with van der Waals surface area (Å²) in [6, 6.07) is 14.9. The van der Waals surface area contributed by atoms with Crippen LogP contribution in [-0.4, -0.2) is 35.9 Å². The molecule has 0 radical (unpaired) electrons. The van der Waals surface area contributed by atoms with Crippen molar-refractivity contribution in [2.45, 2.75) is 46.7 Å². The van der Waals surface area contributed by atoms with Gasteiger partial charge in [-0.05, 0) is 77.2 Å². The summed E-state index contributed by atoms with van der Waals surface area (Å²) in [6.45, 7) is 8.88.